The number of anilines is 2. The Hall–Kier alpha value is -2.20. The smallest absolute Gasteiger partial charge is 0.143 e. The molecule has 4 nitrogen and oxygen atoms in total. The number of rotatable bonds is 5. The molecular weight excluding hydrogens is 288 g/mol. The van der Waals surface area contributed by atoms with Crippen LogP contribution >= 0.6 is 0 Å². The maximum Gasteiger partial charge on any atom is 0.143 e. The van der Waals surface area contributed by atoms with Crippen molar-refractivity contribution >= 4 is 11.4 Å². The first-order valence-corrected chi connectivity index (χ1v) is 8.07. The molecule has 1 N–H and O–H groups in total. The molecule has 0 aromatic heterocycles. The lowest BCUT2D eigenvalue weighted by Gasteiger charge is -2.28. The standard InChI is InChI=1S/C19H24N2O2/c1-20(16-6-4-3-5-7-16)11-10-18(22)15-8-9-17-19(14-15)23-13-12-21(17)2/h3-9,14,18,22H,10-13H2,1-2H3. The van der Waals surface area contributed by atoms with E-state index in [1.807, 2.05) is 43.4 Å². The Morgan fingerprint density at radius 2 is 2.00 bits per heavy atom. The van der Waals surface area contributed by atoms with Crippen LogP contribution in [0, 0.1) is 0 Å². The molecule has 1 aliphatic heterocycles. The van der Waals surface area contributed by atoms with Crippen LogP contribution < -0.4 is 14.5 Å². The largest absolute Gasteiger partial charge is 0.490 e. The van der Waals surface area contributed by atoms with Gasteiger partial charge in [0.05, 0.1) is 18.3 Å². The molecule has 0 amide bonds. The van der Waals surface area contributed by atoms with Crippen molar-refractivity contribution in [2.75, 3.05) is 43.6 Å². The lowest BCUT2D eigenvalue weighted by molar-refractivity contribution is 0.169. The summed E-state index contributed by atoms with van der Waals surface area (Å²) in [6, 6.07) is 16.2. The molecule has 0 bridgehead atoms. The molecule has 2 aromatic rings. The summed E-state index contributed by atoms with van der Waals surface area (Å²) >= 11 is 0. The highest BCUT2D eigenvalue weighted by molar-refractivity contribution is 5.60. The summed E-state index contributed by atoms with van der Waals surface area (Å²) in [4.78, 5) is 4.34. The van der Waals surface area contributed by atoms with Gasteiger partial charge in [0, 0.05) is 26.3 Å². The van der Waals surface area contributed by atoms with Crippen LogP contribution in [0.4, 0.5) is 11.4 Å². The molecule has 3 rings (SSSR count). The van der Waals surface area contributed by atoms with E-state index in [0.717, 1.165) is 35.8 Å². The summed E-state index contributed by atoms with van der Waals surface area (Å²) in [5.74, 6) is 0.867. The zero-order chi connectivity index (χ0) is 16.2. The van der Waals surface area contributed by atoms with Crippen LogP contribution in [0.15, 0.2) is 48.5 Å². The fourth-order valence-electron chi connectivity index (χ4n) is 2.88. The molecule has 0 aliphatic carbocycles. The third kappa shape index (κ3) is 3.59. The molecule has 0 radical (unpaired) electrons. The van der Waals surface area contributed by atoms with Gasteiger partial charge in [0.15, 0.2) is 0 Å². The van der Waals surface area contributed by atoms with Crippen molar-refractivity contribution in [2.45, 2.75) is 12.5 Å². The highest BCUT2D eigenvalue weighted by Crippen LogP contribution is 2.33. The summed E-state index contributed by atoms with van der Waals surface area (Å²) in [6.45, 7) is 2.39. The van der Waals surface area contributed by atoms with Gasteiger partial charge in [0.25, 0.3) is 0 Å². The maximum atomic E-state index is 10.5. The minimum Gasteiger partial charge on any atom is -0.490 e. The molecule has 0 fully saturated rings. The van der Waals surface area contributed by atoms with Gasteiger partial charge >= 0.3 is 0 Å². The van der Waals surface area contributed by atoms with Crippen molar-refractivity contribution in [1.82, 2.24) is 0 Å². The Morgan fingerprint density at radius 1 is 1.22 bits per heavy atom. The van der Waals surface area contributed by atoms with E-state index in [1.165, 1.54) is 0 Å². The summed E-state index contributed by atoms with van der Waals surface area (Å²) in [6.07, 6.45) is 0.197. The summed E-state index contributed by atoms with van der Waals surface area (Å²) < 4.78 is 5.72. The minimum atomic E-state index is -0.484. The Balaban J connectivity index is 1.63. The third-order valence-electron chi connectivity index (χ3n) is 4.40. The fraction of sp³-hybridized carbons (Fsp3) is 0.368. The Labute approximate surface area is 137 Å². The topological polar surface area (TPSA) is 35.9 Å². The number of nitrogens with zero attached hydrogens (tertiary/aromatic N) is 2. The number of para-hydroxylation sites is 1. The molecule has 0 saturated carbocycles. The molecule has 1 aliphatic rings. The second-order valence-electron chi connectivity index (χ2n) is 6.06. The van der Waals surface area contributed by atoms with Gasteiger partial charge in [-0.1, -0.05) is 24.3 Å². The Morgan fingerprint density at radius 3 is 2.78 bits per heavy atom. The zero-order valence-corrected chi connectivity index (χ0v) is 13.8. The van der Waals surface area contributed by atoms with Crippen LogP contribution in [0.1, 0.15) is 18.1 Å². The SMILES string of the molecule is CN(CCC(O)c1ccc2c(c1)OCCN2C)c1ccccc1. The van der Waals surface area contributed by atoms with E-state index in [0.29, 0.717) is 13.0 Å². The molecular formula is C19H24N2O2. The van der Waals surface area contributed by atoms with Crippen LogP contribution in [0.25, 0.3) is 0 Å². The van der Waals surface area contributed by atoms with Crippen LogP contribution in [0.3, 0.4) is 0 Å². The van der Waals surface area contributed by atoms with Gasteiger partial charge in [0.1, 0.15) is 12.4 Å². The summed E-state index contributed by atoms with van der Waals surface area (Å²) in [5.41, 5.74) is 3.17. The number of aliphatic hydroxyl groups excluding tert-OH is 1. The molecule has 1 unspecified atom stereocenters. The van der Waals surface area contributed by atoms with Gasteiger partial charge in [-0.3, -0.25) is 0 Å². The normalized spacial score (nSPS) is 14.8. The lowest BCUT2D eigenvalue weighted by Crippen LogP contribution is -2.28. The highest BCUT2D eigenvalue weighted by Gasteiger charge is 2.17. The van der Waals surface area contributed by atoms with Crippen molar-refractivity contribution in [1.29, 1.82) is 0 Å². The predicted molar refractivity (Wildman–Crippen MR) is 94.5 cm³/mol. The molecule has 2 aromatic carbocycles. The Bertz CT molecular complexity index is 645. The van der Waals surface area contributed by atoms with Gasteiger partial charge < -0.3 is 19.6 Å². The zero-order valence-electron chi connectivity index (χ0n) is 13.8. The van der Waals surface area contributed by atoms with Crippen LogP contribution in [0.5, 0.6) is 5.75 Å². The number of likely N-dealkylation sites (N-methyl/N-ethyl adjacent to an activating group) is 1. The monoisotopic (exact) mass is 312 g/mol. The third-order valence-corrected chi connectivity index (χ3v) is 4.40. The number of benzene rings is 2. The lowest BCUT2D eigenvalue weighted by atomic mass is 10.0. The Kier molecular flexibility index (Phi) is 4.72. The minimum absolute atomic E-state index is 0.484. The first-order chi connectivity index (χ1) is 11.1. The van der Waals surface area contributed by atoms with Crippen LogP contribution in [-0.4, -0.2) is 38.9 Å². The summed E-state index contributed by atoms with van der Waals surface area (Å²) in [5, 5.41) is 10.5. The van der Waals surface area contributed by atoms with E-state index in [1.54, 1.807) is 0 Å². The van der Waals surface area contributed by atoms with Crippen molar-refractivity contribution in [2.24, 2.45) is 0 Å². The molecule has 0 saturated heterocycles. The van der Waals surface area contributed by atoms with Gasteiger partial charge in [-0.2, -0.15) is 0 Å². The van der Waals surface area contributed by atoms with Crippen molar-refractivity contribution in [3.8, 4) is 5.75 Å². The maximum absolute atomic E-state index is 10.5. The quantitative estimate of drug-likeness (QED) is 0.920. The fourth-order valence-corrected chi connectivity index (χ4v) is 2.88. The number of hydrogen-bond acceptors (Lipinski definition) is 4. The second-order valence-corrected chi connectivity index (χ2v) is 6.06. The van der Waals surface area contributed by atoms with E-state index < -0.39 is 6.10 Å². The van der Waals surface area contributed by atoms with Gasteiger partial charge in [-0.25, -0.2) is 0 Å². The molecule has 0 spiro atoms. The number of ether oxygens (including phenoxy) is 1. The van der Waals surface area contributed by atoms with Gasteiger partial charge in [-0.15, -0.1) is 0 Å². The molecule has 122 valence electrons. The van der Waals surface area contributed by atoms with Crippen molar-refractivity contribution in [3.05, 3.63) is 54.1 Å². The first kappa shape index (κ1) is 15.7. The second kappa shape index (κ2) is 6.92. The van der Waals surface area contributed by atoms with E-state index in [-0.39, 0.29) is 0 Å². The number of fused-ring (bicyclic) bond motifs is 1. The number of hydrogen-bond donors (Lipinski definition) is 1. The van der Waals surface area contributed by atoms with Crippen LogP contribution in [-0.2, 0) is 0 Å². The van der Waals surface area contributed by atoms with E-state index in [9.17, 15) is 5.11 Å². The first-order valence-electron chi connectivity index (χ1n) is 8.07. The van der Waals surface area contributed by atoms with Crippen LogP contribution in [0.2, 0.25) is 0 Å². The predicted octanol–water partition coefficient (Wildman–Crippen LogP) is 3.08. The average Bonchev–Trinajstić information content (AvgIpc) is 2.60. The van der Waals surface area contributed by atoms with Gasteiger partial charge in [0.2, 0.25) is 0 Å². The number of aliphatic hydroxyl groups is 1. The van der Waals surface area contributed by atoms with E-state index in [2.05, 4.69) is 29.0 Å². The van der Waals surface area contributed by atoms with Gasteiger partial charge in [-0.05, 0) is 36.2 Å². The molecule has 1 heterocycles. The van der Waals surface area contributed by atoms with E-state index >= 15 is 0 Å². The highest BCUT2D eigenvalue weighted by atomic mass is 16.5. The van der Waals surface area contributed by atoms with Crippen molar-refractivity contribution in [3.63, 3.8) is 0 Å². The molecule has 1 atom stereocenters. The average molecular weight is 312 g/mol. The van der Waals surface area contributed by atoms with E-state index in [4.69, 9.17) is 4.74 Å². The van der Waals surface area contributed by atoms with Crippen molar-refractivity contribution < 1.29 is 9.84 Å². The molecule has 4 heteroatoms. The summed E-state index contributed by atoms with van der Waals surface area (Å²) in [7, 11) is 4.11. The molecule has 23 heavy (non-hydrogen) atoms.